The summed E-state index contributed by atoms with van der Waals surface area (Å²) in [6, 6.07) is 26.5. The summed E-state index contributed by atoms with van der Waals surface area (Å²) in [5.41, 5.74) is 0.214. The highest BCUT2D eigenvalue weighted by molar-refractivity contribution is 7.91. The molecule has 0 spiro atoms. The molecule has 8 nitrogen and oxygen atoms in total. The number of ketones is 1. The quantitative estimate of drug-likeness (QED) is 0.141. The highest BCUT2D eigenvalue weighted by Crippen LogP contribution is 2.29. The first-order chi connectivity index (χ1) is 17.3. The van der Waals surface area contributed by atoms with E-state index in [1.165, 1.54) is 24.3 Å². The third-order valence-electron chi connectivity index (χ3n) is 5.38. The Balaban J connectivity index is 1.71. The van der Waals surface area contributed by atoms with Crippen molar-refractivity contribution in [2.24, 2.45) is 0 Å². The van der Waals surface area contributed by atoms with Gasteiger partial charge in [-0.25, -0.2) is 13.2 Å². The van der Waals surface area contributed by atoms with E-state index in [1.807, 2.05) is 0 Å². The largest absolute Gasteiger partial charge is 0.445 e. The Bertz CT molecular complexity index is 1520. The van der Waals surface area contributed by atoms with Crippen molar-refractivity contribution in [2.45, 2.75) is 15.9 Å². The van der Waals surface area contributed by atoms with Crippen molar-refractivity contribution in [1.82, 2.24) is 0 Å². The number of nitro benzene ring substituents is 1. The topological polar surface area (TPSA) is 121 Å². The lowest BCUT2D eigenvalue weighted by molar-refractivity contribution is -0.384. The first kappa shape index (κ1) is 24.5. The second kappa shape index (κ2) is 10.3. The Kier molecular flexibility index (Phi) is 7.03. The third-order valence-corrected chi connectivity index (χ3v) is 7.21. The molecule has 0 bridgehead atoms. The zero-order valence-electron chi connectivity index (χ0n) is 18.7. The summed E-state index contributed by atoms with van der Waals surface area (Å²) in [7, 11) is -4.24. The fourth-order valence-corrected chi connectivity index (χ4v) is 5.02. The van der Waals surface area contributed by atoms with Crippen LogP contribution in [0, 0.1) is 10.1 Å². The SMILES string of the molecule is O=C(O[C@@H](C(=O)c1ccccc1)c1ccccc1)c1ccccc1S(=O)(=O)c1ccc([N+](=O)[O-])cc1. The van der Waals surface area contributed by atoms with Gasteiger partial charge in [0.05, 0.1) is 20.3 Å². The molecule has 0 aliphatic rings. The van der Waals surface area contributed by atoms with Crippen LogP contribution < -0.4 is 0 Å². The van der Waals surface area contributed by atoms with Crippen molar-refractivity contribution in [3.05, 3.63) is 136 Å². The van der Waals surface area contributed by atoms with Crippen LogP contribution in [0.4, 0.5) is 5.69 Å². The number of benzene rings is 4. The average Bonchev–Trinajstić information content (AvgIpc) is 2.92. The molecule has 36 heavy (non-hydrogen) atoms. The Morgan fingerprint density at radius 2 is 1.31 bits per heavy atom. The van der Waals surface area contributed by atoms with Crippen LogP contribution in [0.2, 0.25) is 0 Å². The van der Waals surface area contributed by atoms with E-state index < -0.39 is 32.6 Å². The van der Waals surface area contributed by atoms with Crippen LogP contribution in [0.1, 0.15) is 32.4 Å². The van der Waals surface area contributed by atoms with Crippen LogP contribution >= 0.6 is 0 Å². The Hall–Kier alpha value is -4.63. The molecule has 0 aliphatic heterocycles. The summed E-state index contributed by atoms with van der Waals surface area (Å²) in [6.45, 7) is 0. The number of rotatable bonds is 8. The fraction of sp³-hybridized carbons (Fsp3) is 0.0370. The van der Waals surface area contributed by atoms with Crippen molar-refractivity contribution < 1.29 is 27.7 Å². The number of non-ortho nitro benzene ring substituents is 1. The summed E-state index contributed by atoms with van der Waals surface area (Å²) in [4.78, 5) is 36.2. The van der Waals surface area contributed by atoms with E-state index in [0.29, 0.717) is 11.1 Å². The molecule has 0 heterocycles. The summed E-state index contributed by atoms with van der Waals surface area (Å²) in [5.74, 6) is -1.47. The standard InChI is InChI=1S/C27H19NO7S/c29-25(19-9-3-1-4-10-19)26(20-11-5-2-6-12-20)35-27(30)23-13-7-8-14-24(23)36(33,34)22-17-15-21(16-18-22)28(31)32/h1-18,26H/t26-/m1/s1. The fourth-order valence-electron chi connectivity index (χ4n) is 3.57. The molecule has 4 aromatic carbocycles. The highest BCUT2D eigenvalue weighted by Gasteiger charge is 2.30. The van der Waals surface area contributed by atoms with E-state index in [9.17, 15) is 28.1 Å². The lowest BCUT2D eigenvalue weighted by atomic mass is 10.00. The molecular weight excluding hydrogens is 482 g/mol. The van der Waals surface area contributed by atoms with Crippen molar-refractivity contribution in [2.75, 3.05) is 0 Å². The molecule has 0 radical (unpaired) electrons. The smallest absolute Gasteiger partial charge is 0.340 e. The Morgan fingerprint density at radius 1 is 0.750 bits per heavy atom. The zero-order valence-corrected chi connectivity index (χ0v) is 19.5. The van der Waals surface area contributed by atoms with E-state index in [0.717, 1.165) is 24.3 Å². The molecule has 0 saturated carbocycles. The maximum absolute atomic E-state index is 13.3. The molecule has 0 aromatic heterocycles. The lowest BCUT2D eigenvalue weighted by Gasteiger charge is -2.18. The van der Waals surface area contributed by atoms with Crippen LogP contribution in [0.25, 0.3) is 0 Å². The predicted octanol–water partition coefficient (Wildman–Crippen LogP) is 5.21. The van der Waals surface area contributed by atoms with Gasteiger partial charge in [0.2, 0.25) is 15.6 Å². The molecule has 0 N–H and O–H groups in total. The lowest BCUT2D eigenvalue weighted by Crippen LogP contribution is -2.21. The van der Waals surface area contributed by atoms with Crippen molar-refractivity contribution in [3.8, 4) is 0 Å². The third kappa shape index (κ3) is 5.06. The molecule has 0 amide bonds. The monoisotopic (exact) mass is 501 g/mol. The number of esters is 1. The predicted molar refractivity (Wildman–Crippen MR) is 130 cm³/mol. The average molecular weight is 502 g/mol. The summed E-state index contributed by atoms with van der Waals surface area (Å²) in [5, 5.41) is 10.9. The first-order valence-electron chi connectivity index (χ1n) is 10.7. The molecule has 0 aliphatic carbocycles. The van der Waals surface area contributed by atoms with Crippen molar-refractivity contribution >= 4 is 27.3 Å². The van der Waals surface area contributed by atoms with Crippen LogP contribution in [-0.2, 0) is 14.6 Å². The molecule has 0 saturated heterocycles. The van der Waals surface area contributed by atoms with Crippen LogP contribution in [0.3, 0.4) is 0 Å². The van der Waals surface area contributed by atoms with Crippen LogP contribution in [0.5, 0.6) is 0 Å². The summed E-state index contributed by atoms with van der Waals surface area (Å²) >= 11 is 0. The molecule has 180 valence electrons. The molecule has 4 aromatic rings. The van der Waals surface area contributed by atoms with Gasteiger partial charge in [0, 0.05) is 23.3 Å². The Labute approximate surface area is 206 Å². The van der Waals surface area contributed by atoms with Gasteiger partial charge in [0.15, 0.2) is 6.10 Å². The number of hydrogen-bond donors (Lipinski definition) is 0. The molecule has 4 rings (SSSR count). The van der Waals surface area contributed by atoms with Gasteiger partial charge in [-0.05, 0) is 24.3 Å². The number of nitro groups is 1. The summed E-state index contributed by atoms with van der Waals surface area (Å²) < 4.78 is 32.2. The number of nitrogens with zero attached hydrogens (tertiary/aromatic N) is 1. The van der Waals surface area contributed by atoms with Gasteiger partial charge in [-0.15, -0.1) is 0 Å². The van der Waals surface area contributed by atoms with Crippen molar-refractivity contribution in [1.29, 1.82) is 0 Å². The summed E-state index contributed by atoms with van der Waals surface area (Å²) in [6.07, 6.45) is -1.31. The number of hydrogen-bond acceptors (Lipinski definition) is 7. The number of sulfone groups is 1. The van der Waals surface area contributed by atoms with Crippen LogP contribution in [0.15, 0.2) is 119 Å². The first-order valence-corrected chi connectivity index (χ1v) is 12.2. The van der Waals surface area contributed by atoms with E-state index in [1.54, 1.807) is 60.7 Å². The van der Waals surface area contributed by atoms with Crippen LogP contribution in [-0.4, -0.2) is 25.1 Å². The molecule has 0 fully saturated rings. The minimum Gasteiger partial charge on any atom is -0.445 e. The zero-order chi connectivity index (χ0) is 25.7. The number of Topliss-reactive ketones (excluding diaryl/α,β-unsaturated/α-hetero) is 1. The second-order valence-corrected chi connectivity index (χ2v) is 9.60. The number of carbonyl (C=O) groups is 2. The van der Waals surface area contributed by atoms with Gasteiger partial charge < -0.3 is 4.74 Å². The van der Waals surface area contributed by atoms with Gasteiger partial charge in [-0.1, -0.05) is 72.8 Å². The van der Waals surface area contributed by atoms with Crippen molar-refractivity contribution in [3.63, 3.8) is 0 Å². The van der Waals surface area contributed by atoms with E-state index in [4.69, 9.17) is 4.74 Å². The molecular formula is C27H19NO7S. The normalized spacial score (nSPS) is 11.9. The molecule has 9 heteroatoms. The van der Waals surface area contributed by atoms with E-state index >= 15 is 0 Å². The number of ether oxygens (including phenoxy) is 1. The molecule has 1 atom stereocenters. The van der Waals surface area contributed by atoms with Gasteiger partial charge in [0.1, 0.15) is 0 Å². The maximum Gasteiger partial charge on any atom is 0.340 e. The second-order valence-electron chi connectivity index (χ2n) is 7.68. The minimum absolute atomic E-state index is 0.228. The number of carbonyl (C=O) groups excluding carboxylic acids is 2. The molecule has 0 unspecified atom stereocenters. The minimum atomic E-state index is -4.24. The van der Waals surface area contributed by atoms with Gasteiger partial charge >= 0.3 is 5.97 Å². The van der Waals surface area contributed by atoms with E-state index in [2.05, 4.69) is 0 Å². The van der Waals surface area contributed by atoms with Gasteiger partial charge in [-0.2, -0.15) is 0 Å². The highest BCUT2D eigenvalue weighted by atomic mass is 32.2. The van der Waals surface area contributed by atoms with E-state index in [-0.39, 0.29) is 21.0 Å². The Morgan fingerprint density at radius 3 is 1.92 bits per heavy atom. The maximum atomic E-state index is 13.3. The van der Waals surface area contributed by atoms with Gasteiger partial charge in [0.25, 0.3) is 5.69 Å². The van der Waals surface area contributed by atoms with Gasteiger partial charge in [-0.3, -0.25) is 14.9 Å².